The second kappa shape index (κ2) is 9.86. The summed E-state index contributed by atoms with van der Waals surface area (Å²) in [7, 11) is -4.17. The Kier molecular flexibility index (Phi) is 7.16. The van der Waals surface area contributed by atoms with E-state index in [1.54, 1.807) is 0 Å². The van der Waals surface area contributed by atoms with E-state index in [4.69, 9.17) is 0 Å². The van der Waals surface area contributed by atoms with E-state index in [-0.39, 0.29) is 28.6 Å². The number of ether oxygens (including phenoxy) is 1. The Bertz CT molecular complexity index is 1250. The summed E-state index contributed by atoms with van der Waals surface area (Å²) in [6, 6.07) is 13.0. The van der Waals surface area contributed by atoms with Crippen molar-refractivity contribution in [1.29, 1.82) is 0 Å². The summed E-state index contributed by atoms with van der Waals surface area (Å²) in [4.78, 5) is 15.9. The van der Waals surface area contributed by atoms with E-state index in [1.807, 2.05) is 0 Å². The largest absolute Gasteiger partial charge is 0.468 e. The van der Waals surface area contributed by atoms with Gasteiger partial charge in [-0.25, -0.2) is 17.8 Å². The maximum Gasteiger partial charge on any atom is 0.422 e. The van der Waals surface area contributed by atoms with E-state index in [9.17, 15) is 30.8 Å². The molecule has 2 N–H and O–H groups in total. The summed E-state index contributed by atoms with van der Waals surface area (Å²) in [5.74, 6) is -1.65. The number of anilines is 1. The van der Waals surface area contributed by atoms with Gasteiger partial charge in [-0.1, -0.05) is 18.2 Å². The normalized spacial score (nSPS) is 11.6. The fourth-order valence-corrected chi connectivity index (χ4v) is 3.74. The Labute approximate surface area is 186 Å². The number of para-hydroxylation sites is 1. The van der Waals surface area contributed by atoms with Crippen molar-refractivity contribution in [3.63, 3.8) is 0 Å². The first kappa shape index (κ1) is 24.0. The van der Waals surface area contributed by atoms with Gasteiger partial charge in [0.05, 0.1) is 10.6 Å². The number of nitrogens with one attached hydrogen (secondary N) is 2. The Morgan fingerprint density at radius 3 is 2.52 bits per heavy atom. The Hall–Kier alpha value is -3.67. The highest BCUT2D eigenvalue weighted by Crippen LogP contribution is 2.20. The van der Waals surface area contributed by atoms with Crippen LogP contribution < -0.4 is 14.8 Å². The van der Waals surface area contributed by atoms with E-state index < -0.39 is 34.5 Å². The first-order chi connectivity index (χ1) is 15.5. The topological polar surface area (TPSA) is 97.4 Å². The Morgan fingerprint density at radius 2 is 1.79 bits per heavy atom. The highest BCUT2D eigenvalue weighted by molar-refractivity contribution is 7.92. The summed E-state index contributed by atoms with van der Waals surface area (Å²) in [6.07, 6.45) is -3.28. The minimum absolute atomic E-state index is 0.00834. The second-order valence-corrected chi connectivity index (χ2v) is 8.38. The standard InChI is InChI=1S/C21H17F4N3O4S/c22-17-6-1-2-7-18(17)28-33(30,31)16-5-3-4-15(11-16)20(29)27-12-14-8-9-26-19(10-14)32-13-21(23,24)25/h1-11,28H,12-13H2,(H,27,29). The van der Waals surface area contributed by atoms with Crippen molar-refractivity contribution in [3.8, 4) is 5.88 Å². The number of carbonyl (C=O) groups is 1. The van der Waals surface area contributed by atoms with Crippen LogP contribution in [-0.4, -0.2) is 32.1 Å². The number of halogens is 4. The summed E-state index contributed by atoms with van der Waals surface area (Å²) in [6.45, 7) is -1.58. The molecule has 0 bridgehead atoms. The molecule has 1 aromatic heterocycles. The molecule has 0 spiro atoms. The predicted octanol–water partition coefficient (Wildman–Crippen LogP) is 3.89. The molecule has 3 aromatic rings. The van der Waals surface area contributed by atoms with Crippen LogP contribution in [0.3, 0.4) is 0 Å². The third-order valence-corrected chi connectivity index (χ3v) is 5.52. The minimum Gasteiger partial charge on any atom is -0.468 e. The maximum atomic E-state index is 13.8. The Balaban J connectivity index is 1.67. The quantitative estimate of drug-likeness (QED) is 0.474. The zero-order valence-corrected chi connectivity index (χ0v) is 17.6. The number of pyridine rings is 1. The number of amides is 1. The zero-order valence-electron chi connectivity index (χ0n) is 16.8. The monoisotopic (exact) mass is 483 g/mol. The molecule has 0 unspecified atom stereocenters. The lowest BCUT2D eigenvalue weighted by atomic mass is 10.2. The highest BCUT2D eigenvalue weighted by Gasteiger charge is 2.28. The van der Waals surface area contributed by atoms with Crippen LogP contribution in [0, 0.1) is 5.82 Å². The lowest BCUT2D eigenvalue weighted by molar-refractivity contribution is -0.154. The van der Waals surface area contributed by atoms with Gasteiger partial charge >= 0.3 is 6.18 Å². The zero-order chi connectivity index (χ0) is 24.1. The van der Waals surface area contributed by atoms with E-state index >= 15 is 0 Å². The first-order valence-electron chi connectivity index (χ1n) is 9.33. The second-order valence-electron chi connectivity index (χ2n) is 6.70. The van der Waals surface area contributed by atoms with E-state index in [0.717, 1.165) is 12.1 Å². The SMILES string of the molecule is O=C(NCc1ccnc(OCC(F)(F)F)c1)c1cccc(S(=O)(=O)Nc2ccccc2F)c1. The van der Waals surface area contributed by atoms with Gasteiger partial charge in [0.25, 0.3) is 15.9 Å². The number of carbonyl (C=O) groups excluding carboxylic acids is 1. The summed E-state index contributed by atoms with van der Waals surface area (Å²) in [5, 5.41) is 2.53. The van der Waals surface area contributed by atoms with Crippen LogP contribution in [-0.2, 0) is 16.6 Å². The molecule has 0 atom stereocenters. The van der Waals surface area contributed by atoms with Crippen LogP contribution in [0.25, 0.3) is 0 Å². The van der Waals surface area contributed by atoms with Crippen molar-refractivity contribution in [2.24, 2.45) is 0 Å². The molecule has 0 fully saturated rings. The molecule has 12 heteroatoms. The van der Waals surface area contributed by atoms with Gasteiger partial charge in [0, 0.05) is 24.4 Å². The minimum atomic E-state index is -4.52. The molecule has 1 heterocycles. The number of hydrogen-bond donors (Lipinski definition) is 2. The van der Waals surface area contributed by atoms with Gasteiger partial charge in [0.2, 0.25) is 5.88 Å². The molecule has 33 heavy (non-hydrogen) atoms. The van der Waals surface area contributed by atoms with Gasteiger partial charge in [-0.2, -0.15) is 13.2 Å². The lowest BCUT2D eigenvalue weighted by Gasteiger charge is -2.11. The van der Waals surface area contributed by atoms with E-state index in [0.29, 0.717) is 5.56 Å². The van der Waals surface area contributed by atoms with Crippen molar-refractivity contribution in [3.05, 3.63) is 83.8 Å². The summed E-state index contributed by atoms with van der Waals surface area (Å²) in [5.41, 5.74) is 0.183. The van der Waals surface area contributed by atoms with Crippen LogP contribution in [0.2, 0.25) is 0 Å². The van der Waals surface area contributed by atoms with Gasteiger partial charge < -0.3 is 10.1 Å². The maximum absolute atomic E-state index is 13.8. The van der Waals surface area contributed by atoms with E-state index in [2.05, 4.69) is 19.8 Å². The summed E-state index contributed by atoms with van der Waals surface area (Å²) >= 11 is 0. The molecule has 0 radical (unpaired) electrons. The highest BCUT2D eigenvalue weighted by atomic mass is 32.2. The fraction of sp³-hybridized carbons (Fsp3) is 0.143. The number of benzene rings is 2. The number of sulfonamides is 1. The van der Waals surface area contributed by atoms with Crippen molar-refractivity contribution in [1.82, 2.24) is 10.3 Å². The number of hydrogen-bond acceptors (Lipinski definition) is 5. The molecule has 7 nitrogen and oxygen atoms in total. The van der Waals surface area contributed by atoms with Crippen LogP contribution in [0.15, 0.2) is 71.8 Å². The fourth-order valence-electron chi connectivity index (χ4n) is 2.63. The van der Waals surface area contributed by atoms with Gasteiger partial charge in [0.1, 0.15) is 5.82 Å². The lowest BCUT2D eigenvalue weighted by Crippen LogP contribution is -2.23. The van der Waals surface area contributed by atoms with Crippen molar-refractivity contribution in [2.45, 2.75) is 17.6 Å². The molecule has 0 saturated carbocycles. The average molecular weight is 483 g/mol. The molecule has 0 saturated heterocycles. The Morgan fingerprint density at radius 1 is 1.03 bits per heavy atom. The molecule has 0 aliphatic rings. The van der Waals surface area contributed by atoms with Gasteiger partial charge in [-0.05, 0) is 42.0 Å². The number of aromatic nitrogens is 1. The van der Waals surface area contributed by atoms with Crippen LogP contribution in [0.4, 0.5) is 23.2 Å². The summed E-state index contributed by atoms with van der Waals surface area (Å²) < 4.78 is 82.4. The molecule has 3 rings (SSSR count). The van der Waals surface area contributed by atoms with Crippen LogP contribution >= 0.6 is 0 Å². The smallest absolute Gasteiger partial charge is 0.422 e. The van der Waals surface area contributed by atoms with Crippen LogP contribution in [0.1, 0.15) is 15.9 Å². The number of rotatable bonds is 8. The first-order valence-corrected chi connectivity index (χ1v) is 10.8. The number of nitrogens with zero attached hydrogens (tertiary/aromatic N) is 1. The molecular formula is C21H17F4N3O4S. The molecule has 0 aliphatic carbocycles. The molecule has 2 aromatic carbocycles. The number of alkyl halides is 3. The van der Waals surface area contributed by atoms with Gasteiger partial charge in [-0.3, -0.25) is 9.52 Å². The third kappa shape index (κ3) is 6.91. The van der Waals surface area contributed by atoms with Gasteiger partial charge in [0.15, 0.2) is 6.61 Å². The average Bonchev–Trinajstić information content (AvgIpc) is 2.77. The molecule has 0 aliphatic heterocycles. The third-order valence-electron chi connectivity index (χ3n) is 4.16. The molecule has 1 amide bonds. The van der Waals surface area contributed by atoms with Gasteiger partial charge in [-0.15, -0.1) is 0 Å². The van der Waals surface area contributed by atoms with Crippen molar-refractivity contribution in [2.75, 3.05) is 11.3 Å². The van der Waals surface area contributed by atoms with Crippen molar-refractivity contribution >= 4 is 21.6 Å². The predicted molar refractivity (Wildman–Crippen MR) is 111 cm³/mol. The molecular weight excluding hydrogens is 466 g/mol. The van der Waals surface area contributed by atoms with Crippen molar-refractivity contribution < 1.29 is 35.5 Å². The van der Waals surface area contributed by atoms with E-state index in [1.165, 1.54) is 54.7 Å². The molecule has 174 valence electrons. The van der Waals surface area contributed by atoms with Crippen LogP contribution in [0.5, 0.6) is 5.88 Å².